The largest absolute Gasteiger partial charge is 0.316 e. The molecule has 1 atom stereocenters. The molecule has 1 fully saturated rings. The maximum absolute atomic E-state index is 11.9. The van der Waals surface area contributed by atoms with Crippen LogP contribution in [0, 0.1) is 5.92 Å². The first-order chi connectivity index (χ1) is 7.47. The number of rotatable bonds is 5. The summed E-state index contributed by atoms with van der Waals surface area (Å²) >= 11 is 0. The monoisotopic (exact) mass is 247 g/mol. The minimum absolute atomic E-state index is 0.146. The van der Waals surface area contributed by atoms with Crippen molar-refractivity contribution in [1.29, 1.82) is 0 Å². The van der Waals surface area contributed by atoms with Crippen LogP contribution >= 0.6 is 0 Å². The van der Waals surface area contributed by atoms with Crippen molar-refractivity contribution < 1.29 is 8.42 Å². The quantitative estimate of drug-likeness (QED) is 0.808. The number of hydrogen-bond donors (Lipinski definition) is 1. The van der Waals surface area contributed by atoms with E-state index in [0.29, 0.717) is 11.7 Å². The topological polar surface area (TPSA) is 46.2 Å². The third-order valence-corrected chi connectivity index (χ3v) is 5.98. The Kier molecular flexibility index (Phi) is 5.25. The van der Waals surface area contributed by atoms with E-state index in [1.54, 1.807) is 13.8 Å². The van der Waals surface area contributed by atoms with Crippen molar-refractivity contribution in [2.75, 3.05) is 12.8 Å². The van der Waals surface area contributed by atoms with Crippen LogP contribution in [0.3, 0.4) is 0 Å². The molecule has 3 nitrogen and oxygen atoms in total. The molecular formula is C12H25NO2S. The Morgan fingerprint density at radius 2 is 1.75 bits per heavy atom. The smallest absolute Gasteiger partial charge is 0.154 e. The highest BCUT2D eigenvalue weighted by Crippen LogP contribution is 2.27. The summed E-state index contributed by atoms with van der Waals surface area (Å²) in [5, 5.41) is 2.95. The zero-order valence-electron chi connectivity index (χ0n) is 10.7. The second-order valence-electron chi connectivity index (χ2n) is 5.17. The molecule has 0 aromatic heterocycles. The van der Waals surface area contributed by atoms with E-state index in [4.69, 9.17) is 0 Å². The molecule has 0 saturated heterocycles. The summed E-state index contributed by atoms with van der Waals surface area (Å²) in [6, 6.07) is 0.146. The van der Waals surface area contributed by atoms with Gasteiger partial charge in [-0.1, -0.05) is 19.3 Å². The molecule has 1 rings (SSSR count). The fourth-order valence-corrected chi connectivity index (χ4v) is 3.76. The highest BCUT2D eigenvalue weighted by atomic mass is 32.2. The number of nitrogens with one attached hydrogen (secondary N) is 1. The van der Waals surface area contributed by atoms with E-state index < -0.39 is 9.84 Å². The molecule has 96 valence electrons. The lowest BCUT2D eigenvalue weighted by molar-refractivity contribution is 0.292. The van der Waals surface area contributed by atoms with Crippen molar-refractivity contribution >= 4 is 9.84 Å². The molecule has 0 aromatic carbocycles. The summed E-state index contributed by atoms with van der Waals surface area (Å²) in [4.78, 5) is 0. The van der Waals surface area contributed by atoms with Gasteiger partial charge in [-0.2, -0.15) is 0 Å². The van der Waals surface area contributed by atoms with Gasteiger partial charge in [0, 0.05) is 6.04 Å². The molecule has 1 saturated carbocycles. The lowest BCUT2D eigenvalue weighted by atomic mass is 9.84. The fourth-order valence-electron chi connectivity index (χ4n) is 2.43. The summed E-state index contributed by atoms with van der Waals surface area (Å²) in [7, 11) is -1.04. The first kappa shape index (κ1) is 14.0. The Bertz CT molecular complexity index is 292. The van der Waals surface area contributed by atoms with E-state index in [1.165, 1.54) is 32.1 Å². The van der Waals surface area contributed by atoms with Gasteiger partial charge < -0.3 is 5.32 Å². The molecule has 0 heterocycles. The molecule has 0 aliphatic heterocycles. The zero-order valence-corrected chi connectivity index (χ0v) is 11.5. The Morgan fingerprint density at radius 3 is 2.19 bits per heavy atom. The van der Waals surface area contributed by atoms with E-state index in [1.807, 2.05) is 7.05 Å². The van der Waals surface area contributed by atoms with Crippen molar-refractivity contribution in [2.45, 2.75) is 57.2 Å². The Hall–Kier alpha value is -0.0900. The second-order valence-corrected chi connectivity index (χ2v) is 7.77. The molecule has 16 heavy (non-hydrogen) atoms. The summed E-state index contributed by atoms with van der Waals surface area (Å²) in [5.74, 6) is 0.846. The van der Waals surface area contributed by atoms with Crippen LogP contribution in [0.5, 0.6) is 0 Å². The number of hydrogen-bond acceptors (Lipinski definition) is 3. The molecule has 0 aromatic rings. The molecule has 0 bridgehead atoms. The Labute approximate surface area is 99.9 Å². The molecular weight excluding hydrogens is 222 g/mol. The third kappa shape index (κ3) is 3.74. The summed E-state index contributed by atoms with van der Waals surface area (Å²) in [5.41, 5.74) is 0. The van der Waals surface area contributed by atoms with Gasteiger partial charge in [-0.25, -0.2) is 8.42 Å². The van der Waals surface area contributed by atoms with Crippen LogP contribution < -0.4 is 5.32 Å². The van der Waals surface area contributed by atoms with Gasteiger partial charge in [0.1, 0.15) is 0 Å². The second kappa shape index (κ2) is 6.01. The van der Waals surface area contributed by atoms with Crippen LogP contribution in [-0.2, 0) is 9.84 Å². The molecule has 0 amide bonds. The van der Waals surface area contributed by atoms with Gasteiger partial charge in [-0.05, 0) is 39.7 Å². The van der Waals surface area contributed by atoms with Gasteiger partial charge in [-0.15, -0.1) is 0 Å². The Balaban J connectivity index is 2.60. The normalized spacial score (nSPS) is 21.2. The maximum Gasteiger partial charge on any atom is 0.154 e. The average Bonchev–Trinajstić information content (AvgIpc) is 2.27. The highest BCUT2D eigenvalue weighted by molar-refractivity contribution is 7.92. The number of sulfone groups is 1. The van der Waals surface area contributed by atoms with Gasteiger partial charge >= 0.3 is 0 Å². The van der Waals surface area contributed by atoms with Gasteiger partial charge in [0.15, 0.2) is 9.84 Å². The van der Waals surface area contributed by atoms with E-state index in [0.717, 1.165) is 0 Å². The minimum Gasteiger partial charge on any atom is -0.316 e. The van der Waals surface area contributed by atoms with Crippen LogP contribution in [0.25, 0.3) is 0 Å². The highest BCUT2D eigenvalue weighted by Gasteiger charge is 2.28. The first-order valence-corrected chi connectivity index (χ1v) is 8.07. The molecule has 0 radical (unpaired) electrons. The van der Waals surface area contributed by atoms with Crippen LogP contribution in [0.15, 0.2) is 0 Å². The van der Waals surface area contributed by atoms with Crippen LogP contribution in [0.4, 0.5) is 0 Å². The SMILES string of the molecule is CNC(CS(=O)(=O)C(C)C)C1CCCCC1. The van der Waals surface area contributed by atoms with Crippen molar-refractivity contribution in [3.63, 3.8) is 0 Å². The van der Waals surface area contributed by atoms with Crippen LogP contribution in [0.1, 0.15) is 46.0 Å². The van der Waals surface area contributed by atoms with Crippen LogP contribution in [-0.4, -0.2) is 32.5 Å². The van der Waals surface area contributed by atoms with Gasteiger partial charge in [0.2, 0.25) is 0 Å². The van der Waals surface area contributed by atoms with Crippen molar-refractivity contribution in [2.24, 2.45) is 5.92 Å². The standard InChI is InChI=1S/C12H25NO2S/c1-10(2)16(14,15)9-12(13-3)11-7-5-4-6-8-11/h10-13H,4-9H2,1-3H3. The van der Waals surface area contributed by atoms with E-state index >= 15 is 0 Å². The third-order valence-electron chi connectivity index (χ3n) is 3.72. The fraction of sp³-hybridized carbons (Fsp3) is 1.00. The molecule has 0 spiro atoms. The van der Waals surface area contributed by atoms with Crippen molar-refractivity contribution in [3.8, 4) is 0 Å². The van der Waals surface area contributed by atoms with Crippen molar-refractivity contribution in [3.05, 3.63) is 0 Å². The molecule has 4 heteroatoms. The average molecular weight is 247 g/mol. The first-order valence-electron chi connectivity index (χ1n) is 6.36. The maximum atomic E-state index is 11.9. The van der Waals surface area contributed by atoms with E-state index in [-0.39, 0.29) is 11.3 Å². The zero-order chi connectivity index (χ0) is 12.2. The van der Waals surface area contributed by atoms with Crippen molar-refractivity contribution in [1.82, 2.24) is 5.32 Å². The van der Waals surface area contributed by atoms with E-state index in [2.05, 4.69) is 5.32 Å². The predicted octanol–water partition coefficient (Wildman–Crippen LogP) is 1.98. The predicted molar refractivity (Wildman–Crippen MR) is 68.3 cm³/mol. The van der Waals surface area contributed by atoms with Crippen LogP contribution in [0.2, 0.25) is 0 Å². The van der Waals surface area contributed by atoms with Gasteiger partial charge in [-0.3, -0.25) is 0 Å². The summed E-state index contributed by atoms with van der Waals surface area (Å²) < 4.78 is 23.8. The molecule has 1 aliphatic rings. The summed E-state index contributed by atoms with van der Waals surface area (Å²) in [6.07, 6.45) is 6.18. The van der Waals surface area contributed by atoms with Gasteiger partial charge in [0.25, 0.3) is 0 Å². The molecule has 1 aliphatic carbocycles. The van der Waals surface area contributed by atoms with E-state index in [9.17, 15) is 8.42 Å². The summed E-state index contributed by atoms with van der Waals surface area (Å²) in [6.45, 7) is 3.53. The van der Waals surface area contributed by atoms with Gasteiger partial charge in [0.05, 0.1) is 11.0 Å². The Morgan fingerprint density at radius 1 is 1.19 bits per heavy atom. The molecule has 1 unspecified atom stereocenters. The lowest BCUT2D eigenvalue weighted by Gasteiger charge is -2.30. The molecule has 1 N–H and O–H groups in total. The lowest BCUT2D eigenvalue weighted by Crippen LogP contribution is -2.42. The minimum atomic E-state index is -2.92.